The number of nitrogens with one attached hydrogen (secondary N) is 3. The molecule has 1 heterocycles. The van der Waals surface area contributed by atoms with Crippen molar-refractivity contribution >= 4 is 52.2 Å². The number of ether oxygens (including phenoxy) is 1. The Bertz CT molecular complexity index is 1790. The minimum absolute atomic E-state index is 0.125. The van der Waals surface area contributed by atoms with Gasteiger partial charge in [-0.3, -0.25) is 24.0 Å². The third-order valence-electron chi connectivity index (χ3n) is 7.58. The molecule has 0 aliphatic rings. The van der Waals surface area contributed by atoms with Gasteiger partial charge in [-0.05, 0) is 53.4 Å². The quantitative estimate of drug-likeness (QED) is 0.127. The smallest absolute Gasteiger partial charge is 0.405 e. The number of alkyl halides is 5. The Kier molecular flexibility index (Phi) is 13.8. The fourth-order valence-corrected chi connectivity index (χ4v) is 5.82. The summed E-state index contributed by atoms with van der Waals surface area (Å²) in [6.45, 7) is 0.500. The van der Waals surface area contributed by atoms with E-state index in [2.05, 4.69) is 10.6 Å². The topological polar surface area (TPSA) is 154 Å². The molecule has 3 atom stereocenters. The van der Waals surface area contributed by atoms with Crippen LogP contribution in [-0.4, -0.2) is 61.1 Å². The van der Waals surface area contributed by atoms with E-state index in [0.29, 0.717) is 15.6 Å². The zero-order valence-electron chi connectivity index (χ0n) is 27.3. The van der Waals surface area contributed by atoms with Crippen LogP contribution in [0.1, 0.15) is 52.7 Å². The zero-order chi connectivity index (χ0) is 38.1. The summed E-state index contributed by atoms with van der Waals surface area (Å²) in [5.74, 6) is -14.6. The summed E-state index contributed by atoms with van der Waals surface area (Å²) in [5.41, 5.74) is 0.852. The van der Waals surface area contributed by atoms with Gasteiger partial charge in [0, 0.05) is 18.8 Å². The first-order valence-corrected chi connectivity index (χ1v) is 16.3. The van der Waals surface area contributed by atoms with Gasteiger partial charge in [-0.25, -0.2) is 0 Å². The summed E-state index contributed by atoms with van der Waals surface area (Å²) in [4.78, 5) is 66.0. The molecule has 51 heavy (non-hydrogen) atoms. The molecule has 10 nitrogen and oxygen atoms in total. The van der Waals surface area contributed by atoms with Crippen LogP contribution in [0.4, 0.5) is 22.0 Å². The van der Waals surface area contributed by atoms with E-state index >= 15 is 0 Å². The summed E-state index contributed by atoms with van der Waals surface area (Å²) in [6.07, 6.45) is -6.15. The average Bonchev–Trinajstić information content (AvgIpc) is 3.53. The molecule has 0 radical (unpaired) electrons. The lowest BCUT2D eigenvalue weighted by atomic mass is 9.82. The molecule has 3 amide bonds. The van der Waals surface area contributed by atoms with Crippen molar-refractivity contribution in [3.8, 4) is 11.8 Å². The Morgan fingerprint density at radius 1 is 0.961 bits per heavy atom. The lowest BCUT2D eigenvalue weighted by Gasteiger charge is -2.27. The standard InChI is InChI=1S/C34H32ClF5N4O6S/c1-18(2)23(29(46)34(39,40)32(49)42-17-33(36,37)38)15-25(45)28(21-7-9-22(50-3)10-8-21)44-30(47)24(14-19-5-4-6-20(13-19)16-41)43-31(48)26-11-12-27(35)51-26/h4-13,18,23-24,28H,14-15,17H2,1-3H3,(H,42,49)(H,43,48)(H,44,47)/t23-,24-,28-/m0/s1. The number of methoxy groups -OCH3 is 1. The van der Waals surface area contributed by atoms with Gasteiger partial charge in [0.25, 0.3) is 11.8 Å². The fourth-order valence-electron chi connectivity index (χ4n) is 4.87. The van der Waals surface area contributed by atoms with E-state index in [0.717, 1.165) is 16.7 Å². The minimum atomic E-state index is -5.03. The van der Waals surface area contributed by atoms with Crippen molar-refractivity contribution in [3.63, 3.8) is 0 Å². The summed E-state index contributed by atoms with van der Waals surface area (Å²) in [6, 6.07) is 13.8. The van der Waals surface area contributed by atoms with Crippen LogP contribution < -0.4 is 20.7 Å². The second-order valence-corrected chi connectivity index (χ2v) is 13.3. The van der Waals surface area contributed by atoms with Crippen LogP contribution in [0.5, 0.6) is 5.75 Å². The number of hydrogen-bond donors (Lipinski definition) is 3. The van der Waals surface area contributed by atoms with Gasteiger partial charge in [0.15, 0.2) is 5.78 Å². The molecular weight excluding hydrogens is 723 g/mol. The molecule has 3 aromatic rings. The van der Waals surface area contributed by atoms with Crippen molar-refractivity contribution < 1.29 is 50.7 Å². The number of nitrogens with zero attached hydrogens (tertiary/aromatic N) is 1. The van der Waals surface area contributed by atoms with Gasteiger partial charge in [0.1, 0.15) is 24.4 Å². The maximum atomic E-state index is 14.9. The first-order valence-electron chi connectivity index (χ1n) is 15.2. The largest absolute Gasteiger partial charge is 0.497 e. The number of Topliss-reactive ketones (excluding diaryl/α,β-unsaturated/α-hetero) is 2. The number of halogens is 6. The molecule has 1 aromatic heterocycles. The highest BCUT2D eigenvalue weighted by atomic mass is 35.5. The lowest BCUT2D eigenvalue weighted by Crippen LogP contribution is -2.52. The molecule has 272 valence electrons. The van der Waals surface area contributed by atoms with Crippen LogP contribution in [0.25, 0.3) is 0 Å². The van der Waals surface area contributed by atoms with E-state index in [1.165, 1.54) is 69.5 Å². The average molecular weight is 755 g/mol. The number of benzene rings is 2. The van der Waals surface area contributed by atoms with Crippen LogP contribution in [0.3, 0.4) is 0 Å². The Balaban J connectivity index is 1.97. The van der Waals surface area contributed by atoms with Gasteiger partial charge in [-0.1, -0.05) is 49.7 Å². The molecule has 0 aliphatic carbocycles. The molecule has 2 aromatic carbocycles. The molecular formula is C34H32ClF5N4O6S. The van der Waals surface area contributed by atoms with Crippen molar-refractivity contribution in [2.24, 2.45) is 11.8 Å². The van der Waals surface area contributed by atoms with E-state index in [-0.39, 0.29) is 22.4 Å². The van der Waals surface area contributed by atoms with Gasteiger partial charge >= 0.3 is 12.1 Å². The van der Waals surface area contributed by atoms with Crippen LogP contribution in [0.2, 0.25) is 4.34 Å². The number of hydrogen-bond acceptors (Lipinski definition) is 8. The van der Waals surface area contributed by atoms with E-state index < -0.39 is 78.3 Å². The number of carbonyl (C=O) groups excluding carboxylic acids is 5. The maximum absolute atomic E-state index is 14.9. The summed E-state index contributed by atoms with van der Waals surface area (Å²) in [5, 5.41) is 15.5. The second-order valence-electron chi connectivity index (χ2n) is 11.6. The maximum Gasteiger partial charge on any atom is 0.405 e. The molecule has 0 aliphatic heterocycles. The van der Waals surface area contributed by atoms with Gasteiger partial charge in [0.2, 0.25) is 11.7 Å². The third-order valence-corrected chi connectivity index (χ3v) is 8.81. The lowest BCUT2D eigenvalue weighted by molar-refractivity contribution is -0.167. The molecule has 3 rings (SSSR count). The Hall–Kier alpha value is -4.88. The van der Waals surface area contributed by atoms with E-state index in [4.69, 9.17) is 16.3 Å². The van der Waals surface area contributed by atoms with Crippen molar-refractivity contribution in [2.75, 3.05) is 13.7 Å². The normalized spacial score (nSPS) is 13.4. The van der Waals surface area contributed by atoms with Crippen molar-refractivity contribution in [2.45, 2.75) is 50.9 Å². The minimum Gasteiger partial charge on any atom is -0.497 e. The van der Waals surface area contributed by atoms with Crippen LogP contribution >= 0.6 is 22.9 Å². The monoisotopic (exact) mass is 754 g/mol. The zero-order valence-corrected chi connectivity index (χ0v) is 28.8. The third kappa shape index (κ3) is 11.3. The predicted octanol–water partition coefficient (Wildman–Crippen LogP) is 5.59. The van der Waals surface area contributed by atoms with Crippen LogP contribution in [-0.2, 0) is 25.6 Å². The van der Waals surface area contributed by atoms with Crippen molar-refractivity contribution in [1.82, 2.24) is 16.0 Å². The fraction of sp³-hybridized carbons (Fsp3) is 0.353. The number of nitriles is 1. The highest BCUT2D eigenvalue weighted by Gasteiger charge is 2.52. The Labute approximate surface area is 298 Å². The molecule has 0 unspecified atom stereocenters. The van der Waals surface area contributed by atoms with Crippen molar-refractivity contribution in [3.05, 3.63) is 86.6 Å². The van der Waals surface area contributed by atoms with Crippen molar-refractivity contribution in [1.29, 1.82) is 5.26 Å². The Morgan fingerprint density at radius 2 is 1.63 bits per heavy atom. The highest BCUT2D eigenvalue weighted by Crippen LogP contribution is 2.31. The molecule has 17 heteroatoms. The molecule has 0 saturated heterocycles. The van der Waals surface area contributed by atoms with Crippen LogP contribution in [0, 0.1) is 23.2 Å². The summed E-state index contributed by atoms with van der Waals surface area (Å²) >= 11 is 6.91. The molecule has 0 saturated carbocycles. The number of ketones is 2. The summed E-state index contributed by atoms with van der Waals surface area (Å²) in [7, 11) is 1.37. The second kappa shape index (κ2) is 17.4. The molecule has 0 bridgehead atoms. The number of thiophene rings is 1. The van der Waals surface area contributed by atoms with E-state index in [9.17, 15) is 51.2 Å². The Morgan fingerprint density at radius 3 is 2.18 bits per heavy atom. The van der Waals surface area contributed by atoms with E-state index in [1.807, 2.05) is 6.07 Å². The van der Waals surface area contributed by atoms with Gasteiger partial charge < -0.3 is 20.7 Å². The SMILES string of the molecule is COc1ccc([C@H](NC(=O)[C@H](Cc2cccc(C#N)c2)NC(=O)c2ccc(Cl)s2)C(=O)C[C@H](C(=O)C(F)(F)C(=O)NCC(F)(F)F)C(C)C)cc1. The summed E-state index contributed by atoms with van der Waals surface area (Å²) < 4.78 is 72.9. The van der Waals surface area contributed by atoms with Crippen LogP contribution in [0.15, 0.2) is 60.7 Å². The van der Waals surface area contributed by atoms with Gasteiger partial charge in [-0.15, -0.1) is 11.3 Å². The first-order chi connectivity index (χ1) is 23.9. The highest BCUT2D eigenvalue weighted by molar-refractivity contribution is 7.18. The number of carbonyl (C=O) groups is 5. The molecule has 0 spiro atoms. The van der Waals surface area contributed by atoms with Gasteiger partial charge in [-0.2, -0.15) is 27.2 Å². The van der Waals surface area contributed by atoms with E-state index in [1.54, 1.807) is 12.1 Å². The number of rotatable bonds is 16. The predicted molar refractivity (Wildman–Crippen MR) is 176 cm³/mol. The number of amides is 3. The van der Waals surface area contributed by atoms with Gasteiger partial charge in [0.05, 0.1) is 28.0 Å². The molecule has 3 N–H and O–H groups in total. The molecule has 0 fully saturated rings. The first kappa shape index (κ1) is 40.5.